The lowest BCUT2D eigenvalue weighted by atomic mass is 10.0. The SMILES string of the molecule is CC(c1ccccc1Cl)N(C)CC(=O)N1CCCC1c1ccc2c(c1)OCCO2. The van der Waals surface area contributed by atoms with Crippen molar-refractivity contribution in [3.05, 3.63) is 58.6 Å². The van der Waals surface area contributed by atoms with Crippen LogP contribution in [0.25, 0.3) is 0 Å². The van der Waals surface area contributed by atoms with Gasteiger partial charge in [-0.3, -0.25) is 9.69 Å². The third-order valence-corrected chi connectivity index (χ3v) is 6.27. The number of fused-ring (bicyclic) bond motifs is 1. The Morgan fingerprint density at radius 1 is 1.21 bits per heavy atom. The zero-order chi connectivity index (χ0) is 20.4. The second kappa shape index (κ2) is 8.64. The first-order chi connectivity index (χ1) is 14.0. The van der Waals surface area contributed by atoms with E-state index >= 15 is 0 Å². The quantitative estimate of drug-likeness (QED) is 0.724. The van der Waals surface area contributed by atoms with Gasteiger partial charge in [-0.25, -0.2) is 0 Å². The van der Waals surface area contributed by atoms with Crippen molar-refractivity contribution in [2.45, 2.75) is 31.8 Å². The predicted molar refractivity (Wildman–Crippen MR) is 114 cm³/mol. The van der Waals surface area contributed by atoms with E-state index in [1.807, 2.05) is 48.3 Å². The Morgan fingerprint density at radius 3 is 2.76 bits per heavy atom. The van der Waals surface area contributed by atoms with Gasteiger partial charge in [0.2, 0.25) is 5.91 Å². The molecular formula is C23H27ClN2O3. The van der Waals surface area contributed by atoms with Crippen molar-refractivity contribution < 1.29 is 14.3 Å². The summed E-state index contributed by atoms with van der Waals surface area (Å²) in [5.74, 6) is 1.70. The highest BCUT2D eigenvalue weighted by atomic mass is 35.5. The van der Waals surface area contributed by atoms with E-state index in [-0.39, 0.29) is 18.0 Å². The van der Waals surface area contributed by atoms with Gasteiger partial charge in [-0.1, -0.05) is 35.9 Å². The molecule has 2 aromatic carbocycles. The summed E-state index contributed by atoms with van der Waals surface area (Å²) in [5, 5.41) is 0.731. The predicted octanol–water partition coefficient (Wildman–Crippen LogP) is 4.47. The highest BCUT2D eigenvalue weighted by molar-refractivity contribution is 6.31. The zero-order valence-corrected chi connectivity index (χ0v) is 17.7. The molecule has 2 aromatic rings. The second-order valence-corrected chi connectivity index (χ2v) is 8.17. The van der Waals surface area contributed by atoms with E-state index in [0.717, 1.165) is 47.0 Å². The van der Waals surface area contributed by atoms with Gasteiger partial charge in [0, 0.05) is 17.6 Å². The molecule has 1 fully saturated rings. The molecule has 0 N–H and O–H groups in total. The number of nitrogens with zero attached hydrogens (tertiary/aromatic N) is 2. The van der Waals surface area contributed by atoms with Crippen LogP contribution in [0.4, 0.5) is 0 Å². The molecule has 2 aliphatic heterocycles. The van der Waals surface area contributed by atoms with Gasteiger partial charge >= 0.3 is 0 Å². The molecule has 1 amide bonds. The van der Waals surface area contributed by atoms with Crippen LogP contribution in [0.5, 0.6) is 11.5 Å². The number of likely N-dealkylation sites (N-methyl/N-ethyl adjacent to an activating group) is 1. The van der Waals surface area contributed by atoms with Crippen molar-refractivity contribution in [3.63, 3.8) is 0 Å². The average Bonchev–Trinajstić information content (AvgIpc) is 3.23. The van der Waals surface area contributed by atoms with Gasteiger partial charge in [0.05, 0.1) is 12.6 Å². The number of hydrogen-bond donors (Lipinski definition) is 0. The molecule has 5 nitrogen and oxygen atoms in total. The summed E-state index contributed by atoms with van der Waals surface area (Å²) in [5.41, 5.74) is 2.15. The van der Waals surface area contributed by atoms with E-state index < -0.39 is 0 Å². The summed E-state index contributed by atoms with van der Waals surface area (Å²) in [6.07, 6.45) is 1.98. The summed E-state index contributed by atoms with van der Waals surface area (Å²) in [7, 11) is 1.97. The van der Waals surface area contributed by atoms with Gasteiger partial charge in [-0.15, -0.1) is 0 Å². The number of rotatable bonds is 5. The Hall–Kier alpha value is -2.24. The van der Waals surface area contributed by atoms with Crippen LogP contribution in [0.2, 0.25) is 5.02 Å². The highest BCUT2D eigenvalue weighted by Crippen LogP contribution is 2.38. The maximum atomic E-state index is 13.1. The molecule has 2 heterocycles. The number of carbonyl (C=O) groups is 1. The van der Waals surface area contributed by atoms with Crippen LogP contribution >= 0.6 is 11.6 Å². The third kappa shape index (κ3) is 4.21. The fourth-order valence-electron chi connectivity index (χ4n) is 4.17. The highest BCUT2D eigenvalue weighted by Gasteiger charge is 2.32. The average molecular weight is 415 g/mol. The minimum absolute atomic E-state index is 0.0583. The summed E-state index contributed by atoms with van der Waals surface area (Å²) in [4.78, 5) is 17.2. The molecule has 0 saturated carbocycles. The minimum atomic E-state index is 0.0583. The number of likely N-dealkylation sites (tertiary alicyclic amines) is 1. The van der Waals surface area contributed by atoms with Crippen LogP contribution in [0.1, 0.15) is 43.0 Å². The lowest BCUT2D eigenvalue weighted by Crippen LogP contribution is -2.39. The molecular weight excluding hydrogens is 388 g/mol. The lowest BCUT2D eigenvalue weighted by Gasteiger charge is -2.31. The summed E-state index contributed by atoms with van der Waals surface area (Å²) in [6, 6.07) is 14.0. The van der Waals surface area contributed by atoms with Gasteiger partial charge in [-0.05, 0) is 56.1 Å². The fourth-order valence-corrected chi connectivity index (χ4v) is 4.47. The largest absolute Gasteiger partial charge is 0.486 e. The van der Waals surface area contributed by atoms with Crippen LogP contribution in [-0.2, 0) is 4.79 Å². The van der Waals surface area contributed by atoms with Gasteiger partial charge in [0.25, 0.3) is 0 Å². The first kappa shape index (κ1) is 20.0. The van der Waals surface area contributed by atoms with Crippen molar-refractivity contribution in [1.29, 1.82) is 0 Å². The van der Waals surface area contributed by atoms with Gasteiger partial charge < -0.3 is 14.4 Å². The molecule has 0 bridgehead atoms. The molecule has 0 aliphatic carbocycles. The summed E-state index contributed by atoms with van der Waals surface area (Å²) in [6.45, 7) is 4.36. The number of halogens is 1. The first-order valence-electron chi connectivity index (χ1n) is 10.2. The summed E-state index contributed by atoms with van der Waals surface area (Å²) < 4.78 is 11.3. The topological polar surface area (TPSA) is 42.0 Å². The van der Waals surface area contributed by atoms with Gasteiger partial charge in [-0.2, -0.15) is 0 Å². The molecule has 4 rings (SSSR count). The van der Waals surface area contributed by atoms with Crippen LogP contribution in [0, 0.1) is 0 Å². The maximum absolute atomic E-state index is 13.1. The van der Waals surface area contributed by atoms with Gasteiger partial charge in [0.1, 0.15) is 13.2 Å². The van der Waals surface area contributed by atoms with E-state index in [1.54, 1.807) is 0 Å². The Bertz CT molecular complexity index is 888. The Labute approximate surface area is 177 Å². The smallest absolute Gasteiger partial charge is 0.237 e. The van der Waals surface area contributed by atoms with Crippen molar-refractivity contribution in [1.82, 2.24) is 9.80 Å². The molecule has 0 radical (unpaired) electrons. The number of ether oxygens (including phenoxy) is 2. The van der Waals surface area contributed by atoms with Crippen molar-refractivity contribution in [3.8, 4) is 11.5 Å². The molecule has 1 saturated heterocycles. The second-order valence-electron chi connectivity index (χ2n) is 7.76. The number of amides is 1. The molecule has 154 valence electrons. The van der Waals surface area contributed by atoms with E-state index in [9.17, 15) is 4.79 Å². The van der Waals surface area contributed by atoms with Crippen LogP contribution in [-0.4, -0.2) is 49.1 Å². The van der Waals surface area contributed by atoms with Crippen molar-refractivity contribution in [2.24, 2.45) is 0 Å². The van der Waals surface area contributed by atoms with Crippen molar-refractivity contribution in [2.75, 3.05) is 33.4 Å². The zero-order valence-electron chi connectivity index (χ0n) is 16.9. The van der Waals surface area contributed by atoms with Crippen LogP contribution in [0.3, 0.4) is 0 Å². The van der Waals surface area contributed by atoms with E-state index in [1.165, 1.54) is 0 Å². The Morgan fingerprint density at radius 2 is 1.97 bits per heavy atom. The van der Waals surface area contributed by atoms with Crippen molar-refractivity contribution >= 4 is 17.5 Å². The molecule has 2 atom stereocenters. The number of benzene rings is 2. The lowest BCUT2D eigenvalue weighted by molar-refractivity contribution is -0.133. The summed E-state index contributed by atoms with van der Waals surface area (Å²) >= 11 is 6.34. The molecule has 0 aromatic heterocycles. The molecule has 2 unspecified atom stereocenters. The fraction of sp³-hybridized carbons (Fsp3) is 0.435. The molecule has 6 heteroatoms. The normalized spacial score (nSPS) is 19.4. The molecule has 2 aliphatic rings. The van der Waals surface area contributed by atoms with E-state index in [4.69, 9.17) is 21.1 Å². The van der Waals surface area contributed by atoms with E-state index in [0.29, 0.717) is 19.8 Å². The minimum Gasteiger partial charge on any atom is -0.486 e. The van der Waals surface area contributed by atoms with Crippen LogP contribution in [0.15, 0.2) is 42.5 Å². The van der Waals surface area contributed by atoms with Gasteiger partial charge in [0.15, 0.2) is 11.5 Å². The van der Waals surface area contributed by atoms with Crippen LogP contribution < -0.4 is 9.47 Å². The Balaban J connectivity index is 1.46. The first-order valence-corrected chi connectivity index (χ1v) is 10.6. The van der Waals surface area contributed by atoms with E-state index in [2.05, 4.69) is 17.9 Å². The molecule has 0 spiro atoms. The molecule has 29 heavy (non-hydrogen) atoms. The monoisotopic (exact) mass is 414 g/mol. The number of carbonyl (C=O) groups excluding carboxylic acids is 1. The third-order valence-electron chi connectivity index (χ3n) is 5.93. The maximum Gasteiger partial charge on any atom is 0.237 e. The standard InChI is InChI=1S/C23H27ClN2O3/c1-16(18-6-3-4-7-19(18)24)25(2)15-23(27)26-11-5-8-20(26)17-9-10-21-22(14-17)29-13-12-28-21/h3-4,6-7,9-10,14,16,20H,5,8,11-13,15H2,1-2H3. The number of hydrogen-bond acceptors (Lipinski definition) is 4. The Kier molecular flexibility index (Phi) is 5.97.